The fraction of sp³-hybridized carbons (Fsp3) is 0.875. The van der Waals surface area contributed by atoms with Crippen molar-refractivity contribution in [3.8, 4) is 0 Å². The SMILES string of the molecule is C.CC(C)OC(=O)OC(C)C. The van der Waals surface area contributed by atoms with Crippen LogP contribution in [0.2, 0.25) is 0 Å². The van der Waals surface area contributed by atoms with Gasteiger partial charge in [0.1, 0.15) is 0 Å². The Morgan fingerprint density at radius 2 is 1.27 bits per heavy atom. The highest BCUT2D eigenvalue weighted by atomic mass is 16.7. The molecule has 0 heterocycles. The Labute approximate surface area is 68.7 Å². The van der Waals surface area contributed by atoms with Crippen molar-refractivity contribution in [2.75, 3.05) is 0 Å². The molecule has 0 amide bonds. The summed E-state index contributed by atoms with van der Waals surface area (Å²) in [4.78, 5) is 10.6. The van der Waals surface area contributed by atoms with Crippen LogP contribution in [0, 0.1) is 0 Å². The first kappa shape index (κ1) is 12.9. The van der Waals surface area contributed by atoms with Gasteiger partial charge in [0.25, 0.3) is 0 Å². The topological polar surface area (TPSA) is 35.5 Å². The van der Waals surface area contributed by atoms with Crippen LogP contribution in [-0.4, -0.2) is 18.4 Å². The molecule has 0 unspecified atom stereocenters. The summed E-state index contributed by atoms with van der Waals surface area (Å²) in [5, 5.41) is 0. The van der Waals surface area contributed by atoms with Gasteiger partial charge in [0, 0.05) is 0 Å². The van der Waals surface area contributed by atoms with Crippen LogP contribution in [0.5, 0.6) is 0 Å². The molecule has 0 radical (unpaired) electrons. The van der Waals surface area contributed by atoms with Gasteiger partial charge >= 0.3 is 6.16 Å². The molecule has 0 aliphatic rings. The molecule has 0 aromatic carbocycles. The van der Waals surface area contributed by atoms with Gasteiger partial charge in [0.15, 0.2) is 0 Å². The molecule has 0 aromatic heterocycles. The summed E-state index contributed by atoms with van der Waals surface area (Å²) in [7, 11) is 0. The minimum atomic E-state index is -0.593. The molecule has 0 rings (SSSR count). The first-order valence-electron chi connectivity index (χ1n) is 3.39. The number of carbonyl (C=O) groups is 1. The second-order valence-electron chi connectivity index (χ2n) is 2.58. The average Bonchev–Trinajstić information content (AvgIpc) is 1.58. The van der Waals surface area contributed by atoms with E-state index in [0.717, 1.165) is 0 Å². The minimum Gasteiger partial charge on any atom is -0.432 e. The van der Waals surface area contributed by atoms with Gasteiger partial charge in [-0.3, -0.25) is 0 Å². The molecule has 0 aromatic rings. The van der Waals surface area contributed by atoms with Crippen LogP contribution in [0.4, 0.5) is 4.79 Å². The van der Waals surface area contributed by atoms with Crippen LogP contribution < -0.4 is 0 Å². The fourth-order valence-electron chi connectivity index (χ4n) is 0.413. The van der Waals surface area contributed by atoms with Gasteiger partial charge in [-0.15, -0.1) is 0 Å². The molecule has 0 aliphatic heterocycles. The molecule has 68 valence electrons. The zero-order chi connectivity index (χ0) is 8.15. The van der Waals surface area contributed by atoms with Gasteiger partial charge in [0.2, 0.25) is 0 Å². The summed E-state index contributed by atoms with van der Waals surface area (Å²) < 4.78 is 9.40. The summed E-state index contributed by atoms with van der Waals surface area (Å²) in [5.74, 6) is 0. The maximum atomic E-state index is 10.6. The summed E-state index contributed by atoms with van der Waals surface area (Å²) in [6.07, 6.45) is -0.803. The lowest BCUT2D eigenvalue weighted by Gasteiger charge is -2.10. The fourth-order valence-corrected chi connectivity index (χ4v) is 0.413. The lowest BCUT2D eigenvalue weighted by atomic mass is 10.5. The third-order valence-electron chi connectivity index (χ3n) is 0.664. The summed E-state index contributed by atoms with van der Waals surface area (Å²) in [5.41, 5.74) is 0. The molecule has 0 bridgehead atoms. The molecule has 0 aliphatic carbocycles. The number of hydrogen-bond donors (Lipinski definition) is 0. The minimum absolute atomic E-state index is 0. The van der Waals surface area contributed by atoms with Crippen LogP contribution in [-0.2, 0) is 9.47 Å². The third-order valence-corrected chi connectivity index (χ3v) is 0.664. The maximum absolute atomic E-state index is 10.6. The highest BCUT2D eigenvalue weighted by Crippen LogP contribution is 1.95. The molecule has 0 atom stereocenters. The Bertz CT molecular complexity index is 95.9. The van der Waals surface area contributed by atoms with Gasteiger partial charge in [0.05, 0.1) is 12.2 Å². The zero-order valence-corrected chi connectivity index (χ0v) is 6.88. The van der Waals surface area contributed by atoms with Crippen molar-refractivity contribution >= 4 is 6.16 Å². The highest BCUT2D eigenvalue weighted by molar-refractivity contribution is 5.60. The molecule has 0 saturated carbocycles. The summed E-state index contributed by atoms with van der Waals surface area (Å²) in [6.45, 7) is 7.12. The van der Waals surface area contributed by atoms with Crippen molar-refractivity contribution < 1.29 is 14.3 Å². The Morgan fingerprint density at radius 3 is 1.45 bits per heavy atom. The number of rotatable bonds is 2. The first-order chi connectivity index (χ1) is 4.52. The molecule has 0 N–H and O–H groups in total. The van der Waals surface area contributed by atoms with Gasteiger partial charge in [-0.25, -0.2) is 4.79 Å². The summed E-state index contributed by atoms with van der Waals surface area (Å²) in [6, 6.07) is 0. The first-order valence-corrected chi connectivity index (χ1v) is 3.39. The molecule has 3 heteroatoms. The van der Waals surface area contributed by atoms with Gasteiger partial charge in [-0.2, -0.15) is 0 Å². The van der Waals surface area contributed by atoms with E-state index in [1.54, 1.807) is 27.7 Å². The van der Waals surface area contributed by atoms with Crippen molar-refractivity contribution in [2.45, 2.75) is 47.3 Å². The number of hydrogen-bond acceptors (Lipinski definition) is 3. The smallest absolute Gasteiger partial charge is 0.432 e. The van der Waals surface area contributed by atoms with Crippen molar-refractivity contribution in [1.29, 1.82) is 0 Å². The number of carbonyl (C=O) groups excluding carboxylic acids is 1. The van der Waals surface area contributed by atoms with E-state index in [0.29, 0.717) is 0 Å². The van der Waals surface area contributed by atoms with Crippen molar-refractivity contribution in [3.05, 3.63) is 0 Å². The molecule has 3 nitrogen and oxygen atoms in total. The van der Waals surface area contributed by atoms with Crippen LogP contribution >= 0.6 is 0 Å². The second-order valence-corrected chi connectivity index (χ2v) is 2.58. The van der Waals surface area contributed by atoms with Gasteiger partial charge < -0.3 is 9.47 Å². The lowest BCUT2D eigenvalue weighted by molar-refractivity contribution is 0.0167. The molecular formula is C8H18O3. The quantitative estimate of drug-likeness (QED) is 0.585. The van der Waals surface area contributed by atoms with Crippen LogP contribution in [0.25, 0.3) is 0 Å². The lowest BCUT2D eigenvalue weighted by Crippen LogP contribution is -2.16. The van der Waals surface area contributed by atoms with E-state index in [4.69, 9.17) is 9.47 Å². The van der Waals surface area contributed by atoms with Crippen LogP contribution in [0.3, 0.4) is 0 Å². The van der Waals surface area contributed by atoms with E-state index in [1.165, 1.54) is 0 Å². The maximum Gasteiger partial charge on any atom is 0.508 e. The van der Waals surface area contributed by atoms with Crippen molar-refractivity contribution in [1.82, 2.24) is 0 Å². The highest BCUT2D eigenvalue weighted by Gasteiger charge is 2.07. The van der Waals surface area contributed by atoms with E-state index in [1.807, 2.05) is 0 Å². The number of ether oxygens (including phenoxy) is 2. The normalized spacial score (nSPS) is 9.27. The Morgan fingerprint density at radius 1 is 1.00 bits per heavy atom. The Hall–Kier alpha value is -0.730. The molecule has 0 spiro atoms. The Balaban J connectivity index is 0. The van der Waals surface area contributed by atoms with Gasteiger partial charge in [-0.05, 0) is 27.7 Å². The predicted molar refractivity (Wildman–Crippen MR) is 44.6 cm³/mol. The summed E-state index contributed by atoms with van der Waals surface area (Å²) >= 11 is 0. The van der Waals surface area contributed by atoms with Crippen molar-refractivity contribution in [2.24, 2.45) is 0 Å². The van der Waals surface area contributed by atoms with E-state index in [9.17, 15) is 4.79 Å². The third kappa shape index (κ3) is 9.27. The van der Waals surface area contributed by atoms with E-state index in [-0.39, 0.29) is 19.6 Å². The van der Waals surface area contributed by atoms with Crippen molar-refractivity contribution in [3.63, 3.8) is 0 Å². The predicted octanol–water partition coefficient (Wildman–Crippen LogP) is 2.59. The standard InChI is InChI=1S/C7H14O3.CH4/c1-5(2)9-7(8)10-6(3)4;/h5-6H,1-4H3;1H4. The van der Waals surface area contributed by atoms with E-state index in [2.05, 4.69) is 0 Å². The van der Waals surface area contributed by atoms with E-state index >= 15 is 0 Å². The van der Waals surface area contributed by atoms with Crippen LogP contribution in [0.1, 0.15) is 35.1 Å². The Kier molecular flexibility index (Phi) is 7.05. The van der Waals surface area contributed by atoms with Gasteiger partial charge in [-0.1, -0.05) is 7.43 Å². The molecule has 0 saturated heterocycles. The average molecular weight is 162 g/mol. The zero-order valence-electron chi connectivity index (χ0n) is 6.88. The molecule has 11 heavy (non-hydrogen) atoms. The van der Waals surface area contributed by atoms with Crippen LogP contribution in [0.15, 0.2) is 0 Å². The monoisotopic (exact) mass is 162 g/mol. The molecule has 0 fully saturated rings. The largest absolute Gasteiger partial charge is 0.508 e. The molecular weight excluding hydrogens is 144 g/mol. The second kappa shape index (κ2) is 6.01. The van der Waals surface area contributed by atoms with E-state index < -0.39 is 6.16 Å².